The first-order valence-corrected chi connectivity index (χ1v) is 7.64. The van der Waals surface area contributed by atoms with Gasteiger partial charge in [0.25, 0.3) is 0 Å². The summed E-state index contributed by atoms with van der Waals surface area (Å²) in [7, 11) is 0. The van der Waals surface area contributed by atoms with Crippen LogP contribution >= 0.6 is 0 Å². The summed E-state index contributed by atoms with van der Waals surface area (Å²) >= 11 is 0. The van der Waals surface area contributed by atoms with E-state index in [0.29, 0.717) is 6.04 Å². The lowest BCUT2D eigenvalue weighted by Crippen LogP contribution is -2.53. The molecule has 1 saturated heterocycles. The van der Waals surface area contributed by atoms with Crippen LogP contribution in [0.5, 0.6) is 0 Å². The van der Waals surface area contributed by atoms with Gasteiger partial charge in [-0.05, 0) is 19.9 Å². The molecule has 3 rings (SSSR count). The average molecular weight is 289 g/mol. The van der Waals surface area contributed by atoms with Crippen LogP contribution < -0.4 is 4.90 Å². The molecule has 0 unspecified atom stereocenters. The van der Waals surface area contributed by atoms with Crippen LogP contribution in [0.15, 0.2) is 18.6 Å². The number of aromatic amines is 1. The molecule has 0 aliphatic carbocycles. The molecule has 0 spiro atoms. The Morgan fingerprint density at radius 2 is 2.29 bits per heavy atom. The summed E-state index contributed by atoms with van der Waals surface area (Å²) in [5.74, 6) is 1.04. The van der Waals surface area contributed by atoms with Crippen LogP contribution in [0.4, 0.5) is 5.82 Å². The highest BCUT2D eigenvalue weighted by Gasteiger charge is 2.25. The van der Waals surface area contributed by atoms with Crippen LogP contribution in [0.3, 0.4) is 0 Å². The molecule has 1 aliphatic rings. The van der Waals surface area contributed by atoms with Gasteiger partial charge in [0.1, 0.15) is 17.8 Å². The standard InChI is InChI=1S/C15H23N5O/c1-3-21-9-8-19-6-7-20(10-12(19)2)15-13-4-5-16-14(13)17-11-18-15/h4-5,11-12H,3,6-10H2,1-2H3,(H,16,17,18)/t12-/m0/s1. The number of H-pyrrole nitrogens is 1. The fourth-order valence-corrected chi connectivity index (χ4v) is 2.96. The van der Waals surface area contributed by atoms with Gasteiger partial charge in [0.15, 0.2) is 0 Å². The Balaban J connectivity index is 1.68. The maximum absolute atomic E-state index is 5.46. The highest BCUT2D eigenvalue weighted by Crippen LogP contribution is 2.24. The van der Waals surface area contributed by atoms with E-state index in [-0.39, 0.29) is 0 Å². The molecule has 1 N–H and O–H groups in total. The van der Waals surface area contributed by atoms with Crippen molar-refractivity contribution in [3.63, 3.8) is 0 Å². The Hall–Kier alpha value is -1.66. The predicted octanol–water partition coefficient (Wildman–Crippen LogP) is 1.50. The van der Waals surface area contributed by atoms with Gasteiger partial charge in [-0.2, -0.15) is 0 Å². The zero-order valence-corrected chi connectivity index (χ0v) is 12.7. The Kier molecular flexibility index (Phi) is 4.36. The highest BCUT2D eigenvalue weighted by molar-refractivity contribution is 5.87. The maximum atomic E-state index is 5.46. The van der Waals surface area contributed by atoms with Crippen molar-refractivity contribution in [2.45, 2.75) is 19.9 Å². The van der Waals surface area contributed by atoms with Gasteiger partial charge in [-0.1, -0.05) is 0 Å². The summed E-state index contributed by atoms with van der Waals surface area (Å²) in [5, 5.41) is 1.10. The molecule has 0 aromatic carbocycles. The molecule has 6 nitrogen and oxygen atoms in total. The fraction of sp³-hybridized carbons (Fsp3) is 0.600. The summed E-state index contributed by atoms with van der Waals surface area (Å²) < 4.78 is 5.46. The molecule has 2 aromatic rings. The predicted molar refractivity (Wildman–Crippen MR) is 83.6 cm³/mol. The van der Waals surface area contributed by atoms with Crippen molar-refractivity contribution < 1.29 is 4.74 Å². The van der Waals surface area contributed by atoms with Crippen LogP contribution in [0, 0.1) is 0 Å². The summed E-state index contributed by atoms with van der Waals surface area (Å²) in [6.45, 7) is 9.96. The maximum Gasteiger partial charge on any atom is 0.142 e. The largest absolute Gasteiger partial charge is 0.380 e. The number of aromatic nitrogens is 3. The number of piperazine rings is 1. The van der Waals surface area contributed by atoms with Crippen molar-refractivity contribution in [2.75, 3.05) is 44.3 Å². The number of anilines is 1. The first-order valence-electron chi connectivity index (χ1n) is 7.64. The van der Waals surface area contributed by atoms with Gasteiger partial charge in [-0.25, -0.2) is 9.97 Å². The fourth-order valence-electron chi connectivity index (χ4n) is 2.96. The minimum Gasteiger partial charge on any atom is -0.380 e. The minimum absolute atomic E-state index is 0.503. The van der Waals surface area contributed by atoms with E-state index >= 15 is 0 Å². The van der Waals surface area contributed by atoms with Gasteiger partial charge in [-0.15, -0.1) is 0 Å². The molecule has 114 valence electrons. The smallest absolute Gasteiger partial charge is 0.142 e. The number of nitrogens with one attached hydrogen (secondary N) is 1. The van der Waals surface area contributed by atoms with E-state index in [1.807, 2.05) is 13.1 Å². The van der Waals surface area contributed by atoms with Crippen LogP contribution in [-0.4, -0.2) is 65.3 Å². The van der Waals surface area contributed by atoms with Crippen LogP contribution in [0.25, 0.3) is 11.0 Å². The molecule has 6 heteroatoms. The van der Waals surface area contributed by atoms with Crippen LogP contribution in [-0.2, 0) is 4.74 Å². The zero-order valence-electron chi connectivity index (χ0n) is 12.7. The molecule has 21 heavy (non-hydrogen) atoms. The average Bonchev–Trinajstić information content (AvgIpc) is 2.97. The van der Waals surface area contributed by atoms with E-state index in [1.165, 1.54) is 0 Å². The second-order valence-electron chi connectivity index (χ2n) is 5.47. The third-order valence-corrected chi connectivity index (χ3v) is 4.12. The van der Waals surface area contributed by atoms with Gasteiger partial charge in [0, 0.05) is 45.0 Å². The number of fused-ring (bicyclic) bond motifs is 1. The lowest BCUT2D eigenvalue weighted by Gasteiger charge is -2.40. The second-order valence-corrected chi connectivity index (χ2v) is 5.47. The number of ether oxygens (including phenoxy) is 1. The minimum atomic E-state index is 0.503. The molecule has 2 aromatic heterocycles. The Labute approximate surface area is 125 Å². The topological polar surface area (TPSA) is 57.3 Å². The first-order chi connectivity index (χ1) is 10.3. The third kappa shape index (κ3) is 3.01. The molecule has 0 amide bonds. The van der Waals surface area contributed by atoms with E-state index in [2.05, 4.69) is 37.7 Å². The van der Waals surface area contributed by atoms with Gasteiger partial charge in [0.05, 0.1) is 12.0 Å². The van der Waals surface area contributed by atoms with E-state index in [4.69, 9.17) is 4.74 Å². The van der Waals surface area contributed by atoms with Crippen molar-refractivity contribution in [3.8, 4) is 0 Å². The van der Waals surface area contributed by atoms with Crippen molar-refractivity contribution in [2.24, 2.45) is 0 Å². The van der Waals surface area contributed by atoms with E-state index in [1.54, 1.807) is 6.33 Å². The zero-order chi connectivity index (χ0) is 14.7. The van der Waals surface area contributed by atoms with Crippen LogP contribution in [0.2, 0.25) is 0 Å². The SMILES string of the molecule is CCOCCN1CCN(c2ncnc3[nH]ccc23)C[C@@H]1C. The monoisotopic (exact) mass is 289 g/mol. The molecule has 1 atom stereocenters. The molecule has 0 saturated carbocycles. The molecule has 0 bridgehead atoms. The third-order valence-electron chi connectivity index (χ3n) is 4.12. The van der Waals surface area contributed by atoms with E-state index < -0.39 is 0 Å². The molecule has 3 heterocycles. The first kappa shape index (κ1) is 14.3. The van der Waals surface area contributed by atoms with Gasteiger partial charge in [0.2, 0.25) is 0 Å². The second kappa shape index (κ2) is 6.41. The lowest BCUT2D eigenvalue weighted by atomic mass is 10.2. The van der Waals surface area contributed by atoms with Crippen molar-refractivity contribution in [1.29, 1.82) is 0 Å². The summed E-state index contributed by atoms with van der Waals surface area (Å²) in [6.07, 6.45) is 3.56. The van der Waals surface area contributed by atoms with Crippen molar-refractivity contribution in [3.05, 3.63) is 18.6 Å². The summed E-state index contributed by atoms with van der Waals surface area (Å²) in [4.78, 5) is 16.7. The van der Waals surface area contributed by atoms with E-state index in [0.717, 1.165) is 56.2 Å². The molecule has 1 aliphatic heterocycles. The normalized spacial score (nSPS) is 20.3. The van der Waals surface area contributed by atoms with E-state index in [9.17, 15) is 0 Å². The Morgan fingerprint density at radius 1 is 1.38 bits per heavy atom. The van der Waals surface area contributed by atoms with Gasteiger partial charge < -0.3 is 14.6 Å². The number of hydrogen-bond acceptors (Lipinski definition) is 5. The van der Waals surface area contributed by atoms with Crippen molar-refractivity contribution >= 4 is 16.9 Å². The number of rotatable bonds is 5. The number of hydrogen-bond donors (Lipinski definition) is 1. The number of nitrogens with zero attached hydrogens (tertiary/aromatic N) is 4. The lowest BCUT2D eigenvalue weighted by molar-refractivity contribution is 0.0925. The van der Waals surface area contributed by atoms with Gasteiger partial charge in [-0.3, -0.25) is 4.90 Å². The molecule has 0 radical (unpaired) electrons. The summed E-state index contributed by atoms with van der Waals surface area (Å²) in [6, 6.07) is 2.56. The highest BCUT2D eigenvalue weighted by atomic mass is 16.5. The molecule has 1 fully saturated rings. The summed E-state index contributed by atoms with van der Waals surface area (Å²) in [5.41, 5.74) is 0.909. The Bertz CT molecular complexity index is 584. The molecular weight excluding hydrogens is 266 g/mol. The van der Waals surface area contributed by atoms with Crippen LogP contribution in [0.1, 0.15) is 13.8 Å². The van der Waals surface area contributed by atoms with Crippen molar-refractivity contribution in [1.82, 2.24) is 19.9 Å². The quantitative estimate of drug-likeness (QED) is 0.846. The molecular formula is C15H23N5O. The Morgan fingerprint density at radius 3 is 3.10 bits per heavy atom. The van der Waals surface area contributed by atoms with Gasteiger partial charge >= 0.3 is 0 Å².